The van der Waals surface area contributed by atoms with Gasteiger partial charge in [-0.2, -0.15) is 0 Å². The maximum atomic E-state index is 12.3. The lowest BCUT2D eigenvalue weighted by Gasteiger charge is -2.28. The Hall–Kier alpha value is -0.746. The van der Waals surface area contributed by atoms with E-state index >= 15 is 0 Å². The van der Waals surface area contributed by atoms with Gasteiger partial charge in [0.25, 0.3) is 0 Å². The van der Waals surface area contributed by atoms with Crippen LogP contribution in [0, 0.1) is 0 Å². The Morgan fingerprint density at radius 1 is 0.750 bits per heavy atom. The molecule has 0 N–H and O–H groups in total. The second-order valence-electron chi connectivity index (χ2n) is 6.35. The maximum Gasteiger partial charge on any atom is 0.178 e. The normalized spacial score (nSPS) is 18.4. The van der Waals surface area contributed by atoms with Crippen molar-refractivity contribution in [1.82, 2.24) is 0 Å². The monoisotopic (exact) mass is 252 g/mol. The molecule has 0 amide bonds. The summed E-state index contributed by atoms with van der Waals surface area (Å²) in [4.78, 5) is 24.0. The minimum atomic E-state index is -1.71. The first-order valence-corrected chi connectivity index (χ1v) is 12.6. The first-order chi connectivity index (χ1) is 7.03. The van der Waals surface area contributed by atoms with Crippen molar-refractivity contribution in [3.8, 4) is 0 Å². The molecule has 0 spiro atoms. The van der Waals surface area contributed by atoms with Crippen molar-refractivity contribution in [3.63, 3.8) is 0 Å². The smallest absolute Gasteiger partial charge is 0.178 e. The molecule has 1 aliphatic carbocycles. The van der Waals surface area contributed by atoms with Crippen LogP contribution in [0.5, 0.6) is 0 Å². The molecule has 0 atom stereocenters. The summed E-state index contributed by atoms with van der Waals surface area (Å²) in [6.45, 7) is 12.6. The lowest BCUT2D eigenvalue weighted by atomic mass is 10.1. The summed E-state index contributed by atoms with van der Waals surface area (Å²) in [6.07, 6.45) is 3.11. The number of rotatable bonds is 2. The first-order valence-electron chi connectivity index (χ1n) is 5.56. The highest BCUT2D eigenvalue weighted by molar-refractivity contribution is 6.94. The van der Waals surface area contributed by atoms with Crippen LogP contribution in [0.3, 0.4) is 0 Å². The number of hydrogen-bond acceptors (Lipinski definition) is 2. The molecular weight excluding hydrogens is 232 g/mol. The fourth-order valence-corrected chi connectivity index (χ4v) is 4.62. The molecule has 1 aliphatic rings. The van der Waals surface area contributed by atoms with Crippen LogP contribution < -0.4 is 0 Å². The number of hydrogen-bond donors (Lipinski definition) is 0. The van der Waals surface area contributed by atoms with E-state index in [0.717, 1.165) is 10.4 Å². The SMILES string of the molecule is C[Si](C)(C)C1=CC(=O)C=C([Si](C)(C)C)C1=O. The molecule has 0 aromatic rings. The van der Waals surface area contributed by atoms with Gasteiger partial charge < -0.3 is 0 Å². The molecule has 0 heterocycles. The fraction of sp³-hybridized carbons (Fsp3) is 0.500. The van der Waals surface area contributed by atoms with E-state index in [9.17, 15) is 9.59 Å². The van der Waals surface area contributed by atoms with Gasteiger partial charge in [0.15, 0.2) is 11.6 Å². The van der Waals surface area contributed by atoms with E-state index in [1.54, 1.807) is 12.2 Å². The van der Waals surface area contributed by atoms with Crippen molar-refractivity contribution in [2.45, 2.75) is 39.3 Å². The third-order valence-electron chi connectivity index (χ3n) is 2.68. The van der Waals surface area contributed by atoms with Crippen molar-refractivity contribution in [3.05, 3.63) is 22.5 Å². The zero-order chi connectivity index (χ0) is 12.7. The number of carbonyl (C=O) groups is 2. The third kappa shape index (κ3) is 2.68. The lowest BCUT2D eigenvalue weighted by Crippen LogP contribution is -2.39. The average molecular weight is 252 g/mol. The Kier molecular flexibility index (Phi) is 3.27. The van der Waals surface area contributed by atoms with Crippen molar-refractivity contribution in [1.29, 1.82) is 0 Å². The zero-order valence-corrected chi connectivity index (χ0v) is 13.0. The van der Waals surface area contributed by atoms with Crippen LogP contribution in [0.4, 0.5) is 0 Å². The molecule has 0 bridgehead atoms. The highest BCUT2D eigenvalue weighted by atomic mass is 28.3. The largest absolute Gasteiger partial charge is 0.290 e. The quantitative estimate of drug-likeness (QED) is 0.559. The molecule has 0 aromatic carbocycles. The fourth-order valence-electron chi connectivity index (χ4n) is 1.72. The van der Waals surface area contributed by atoms with Gasteiger partial charge >= 0.3 is 0 Å². The van der Waals surface area contributed by atoms with Crippen LogP contribution in [0.1, 0.15) is 0 Å². The van der Waals surface area contributed by atoms with Crippen LogP contribution in [-0.2, 0) is 9.59 Å². The van der Waals surface area contributed by atoms with Crippen molar-refractivity contribution < 1.29 is 9.59 Å². The summed E-state index contributed by atoms with van der Waals surface area (Å²) in [5, 5.41) is 1.58. The van der Waals surface area contributed by atoms with Gasteiger partial charge in [-0.15, -0.1) is 0 Å². The van der Waals surface area contributed by atoms with Gasteiger partial charge in [-0.05, 0) is 22.5 Å². The molecule has 4 heteroatoms. The highest BCUT2D eigenvalue weighted by Gasteiger charge is 2.36. The standard InChI is InChI=1S/C12H20O2Si2/c1-15(2,3)10-7-9(13)8-11(12(10)14)16(4,5)6/h7-8H,1-6H3. The van der Waals surface area contributed by atoms with Gasteiger partial charge in [-0.25, -0.2) is 0 Å². The molecule has 0 unspecified atom stereocenters. The Labute approximate surface area is 99.5 Å². The van der Waals surface area contributed by atoms with Gasteiger partial charge in [0, 0.05) is 0 Å². The third-order valence-corrected chi connectivity index (χ3v) is 6.65. The Morgan fingerprint density at radius 3 is 1.31 bits per heavy atom. The number of ketones is 2. The molecular formula is C12H20O2Si2. The second-order valence-corrected chi connectivity index (χ2v) is 16.4. The molecule has 2 nitrogen and oxygen atoms in total. The summed E-state index contributed by atoms with van der Waals surface area (Å²) in [5.41, 5.74) is 0. The van der Waals surface area contributed by atoms with Crippen molar-refractivity contribution in [2.24, 2.45) is 0 Å². The summed E-state index contributed by atoms with van der Waals surface area (Å²) in [7, 11) is -3.42. The van der Waals surface area contributed by atoms with E-state index in [1.165, 1.54) is 0 Å². The number of allylic oxidation sites excluding steroid dienone is 4. The van der Waals surface area contributed by atoms with Gasteiger partial charge in [0.2, 0.25) is 0 Å². The van der Waals surface area contributed by atoms with Crippen LogP contribution >= 0.6 is 0 Å². The predicted molar refractivity (Wildman–Crippen MR) is 72.9 cm³/mol. The maximum absolute atomic E-state index is 12.3. The molecule has 0 aliphatic heterocycles. The molecule has 0 fully saturated rings. The molecule has 0 aromatic heterocycles. The van der Waals surface area contributed by atoms with E-state index in [2.05, 4.69) is 39.3 Å². The molecule has 0 saturated carbocycles. The number of Topliss-reactive ketones (excluding diaryl/α,β-unsaturated/α-hetero) is 1. The van der Waals surface area contributed by atoms with Gasteiger partial charge in [-0.3, -0.25) is 9.59 Å². The van der Waals surface area contributed by atoms with Crippen LogP contribution in [0.15, 0.2) is 22.5 Å². The molecule has 88 valence electrons. The van der Waals surface area contributed by atoms with Gasteiger partial charge in [0.1, 0.15) is 0 Å². The summed E-state index contributed by atoms with van der Waals surface area (Å²) in [5.74, 6) is 0.132. The number of carbonyl (C=O) groups excluding carboxylic acids is 2. The Morgan fingerprint density at radius 2 is 1.06 bits per heavy atom. The Balaban J connectivity index is 3.24. The van der Waals surface area contributed by atoms with Crippen LogP contribution in [0.25, 0.3) is 0 Å². The summed E-state index contributed by atoms with van der Waals surface area (Å²) in [6, 6.07) is 0. The van der Waals surface area contributed by atoms with E-state index < -0.39 is 16.1 Å². The van der Waals surface area contributed by atoms with E-state index in [-0.39, 0.29) is 11.6 Å². The molecule has 0 saturated heterocycles. The predicted octanol–water partition coefficient (Wildman–Crippen LogP) is 2.75. The Bertz CT molecular complexity index is 368. The van der Waals surface area contributed by atoms with E-state index in [4.69, 9.17) is 0 Å². The van der Waals surface area contributed by atoms with Gasteiger partial charge in [0.05, 0.1) is 16.1 Å². The van der Waals surface area contributed by atoms with Crippen molar-refractivity contribution in [2.75, 3.05) is 0 Å². The summed E-state index contributed by atoms with van der Waals surface area (Å²) < 4.78 is 0. The lowest BCUT2D eigenvalue weighted by molar-refractivity contribution is -0.114. The topological polar surface area (TPSA) is 34.1 Å². The van der Waals surface area contributed by atoms with Crippen LogP contribution in [-0.4, -0.2) is 27.7 Å². The van der Waals surface area contributed by atoms with E-state index in [1.807, 2.05) is 0 Å². The average Bonchev–Trinajstić information content (AvgIpc) is 2.04. The minimum Gasteiger partial charge on any atom is -0.290 e. The second kappa shape index (κ2) is 3.93. The molecule has 1 rings (SSSR count). The van der Waals surface area contributed by atoms with E-state index in [0.29, 0.717) is 0 Å². The minimum absolute atomic E-state index is 0.00514. The first kappa shape index (κ1) is 13.3. The van der Waals surface area contributed by atoms with Gasteiger partial charge in [-0.1, -0.05) is 39.3 Å². The summed E-state index contributed by atoms with van der Waals surface area (Å²) >= 11 is 0. The molecule has 16 heavy (non-hydrogen) atoms. The molecule has 0 radical (unpaired) electrons. The van der Waals surface area contributed by atoms with Crippen molar-refractivity contribution >= 4 is 27.7 Å². The zero-order valence-electron chi connectivity index (χ0n) is 11.0. The highest BCUT2D eigenvalue weighted by Crippen LogP contribution is 2.27. The van der Waals surface area contributed by atoms with Crippen LogP contribution in [0.2, 0.25) is 39.3 Å².